The Bertz CT molecular complexity index is 1470. The molecule has 1 aliphatic heterocycles. The van der Waals surface area contributed by atoms with Gasteiger partial charge in [-0.2, -0.15) is 5.26 Å². The van der Waals surface area contributed by atoms with Gasteiger partial charge in [-0.15, -0.1) is 11.3 Å². The molecule has 0 unspecified atom stereocenters. The molecule has 1 fully saturated rings. The van der Waals surface area contributed by atoms with E-state index in [1.165, 1.54) is 6.20 Å². The molecule has 5 rings (SSSR count). The van der Waals surface area contributed by atoms with Gasteiger partial charge in [-0.1, -0.05) is 12.1 Å². The fraction of sp³-hybridized carbons (Fsp3) is 0.259. The van der Waals surface area contributed by atoms with E-state index < -0.39 is 5.97 Å². The summed E-state index contributed by atoms with van der Waals surface area (Å²) in [6.45, 7) is 5.19. The lowest BCUT2D eigenvalue weighted by molar-refractivity contribution is 0.0699. The maximum absolute atomic E-state index is 11.5. The second-order valence-electron chi connectivity index (χ2n) is 8.28. The highest BCUT2D eigenvalue weighted by molar-refractivity contribution is 7.12. The van der Waals surface area contributed by atoms with Gasteiger partial charge in [0.25, 0.3) is 0 Å². The van der Waals surface area contributed by atoms with Crippen LogP contribution in [0.5, 0.6) is 11.8 Å². The molecule has 1 aromatic carbocycles. The third kappa shape index (κ3) is 5.32. The average molecular weight is 533 g/mol. The zero-order valence-electron chi connectivity index (χ0n) is 20.5. The molecule has 38 heavy (non-hydrogen) atoms. The first-order valence-electron chi connectivity index (χ1n) is 12.0. The van der Waals surface area contributed by atoms with Crippen molar-refractivity contribution in [2.24, 2.45) is 0 Å². The number of thiophene rings is 1. The minimum atomic E-state index is -1.04. The summed E-state index contributed by atoms with van der Waals surface area (Å²) in [7, 11) is 0. The molecule has 0 amide bonds. The number of aromatic carboxylic acids is 1. The Labute approximate surface area is 222 Å². The second-order valence-corrected chi connectivity index (χ2v) is 9.20. The number of benzene rings is 1. The van der Waals surface area contributed by atoms with Gasteiger partial charge in [0.15, 0.2) is 0 Å². The van der Waals surface area contributed by atoms with Crippen LogP contribution in [0.25, 0.3) is 22.7 Å². The quantitative estimate of drug-likeness (QED) is 0.319. The van der Waals surface area contributed by atoms with E-state index in [0.29, 0.717) is 36.6 Å². The molecule has 1 N–H and O–H groups in total. The Kier molecular flexibility index (Phi) is 7.53. The molecule has 0 radical (unpaired) electrons. The highest BCUT2D eigenvalue weighted by Crippen LogP contribution is 2.35. The van der Waals surface area contributed by atoms with Crippen LogP contribution in [-0.4, -0.2) is 54.0 Å². The van der Waals surface area contributed by atoms with Crippen molar-refractivity contribution >= 4 is 23.0 Å². The van der Waals surface area contributed by atoms with Crippen molar-refractivity contribution in [1.29, 1.82) is 5.26 Å². The first kappa shape index (κ1) is 25.3. The number of morpholine rings is 1. The minimum absolute atomic E-state index is 0.0518. The number of anilines is 1. The topological polar surface area (TPSA) is 131 Å². The normalized spacial score (nSPS) is 13.2. The standard InChI is InChI=1S/C27H24N4O6S/c1-2-35-23-15-29-25(37-23)20-13-22(17-3-5-19(6-4-17)31-8-10-34-11-9-31)30-26(21(20)14-28)36-16-18-7-12-38-24(18)27(32)33/h3-7,12-13,15H,2,8-11,16H2,1H3,(H,32,33). The van der Waals surface area contributed by atoms with Gasteiger partial charge >= 0.3 is 11.9 Å². The van der Waals surface area contributed by atoms with Gasteiger partial charge in [0, 0.05) is 29.9 Å². The first-order chi connectivity index (χ1) is 18.6. The summed E-state index contributed by atoms with van der Waals surface area (Å²) >= 11 is 1.11. The molecule has 4 aromatic rings. The van der Waals surface area contributed by atoms with Gasteiger partial charge < -0.3 is 28.6 Å². The van der Waals surface area contributed by atoms with Crippen LogP contribution in [0, 0.1) is 11.3 Å². The average Bonchev–Trinajstić information content (AvgIpc) is 3.62. The molecule has 0 aliphatic carbocycles. The lowest BCUT2D eigenvalue weighted by Crippen LogP contribution is -2.36. The van der Waals surface area contributed by atoms with Gasteiger partial charge in [0.05, 0.1) is 31.1 Å². The Morgan fingerprint density at radius 1 is 1.21 bits per heavy atom. The molecule has 3 aromatic heterocycles. The second kappa shape index (κ2) is 11.3. The minimum Gasteiger partial charge on any atom is -0.477 e. The Morgan fingerprint density at radius 3 is 2.71 bits per heavy atom. The molecule has 194 valence electrons. The molecule has 4 heterocycles. The van der Waals surface area contributed by atoms with Crippen LogP contribution < -0.4 is 14.4 Å². The van der Waals surface area contributed by atoms with Crippen LogP contribution in [-0.2, 0) is 11.3 Å². The number of hydrogen-bond donors (Lipinski definition) is 1. The Morgan fingerprint density at radius 2 is 2.00 bits per heavy atom. The summed E-state index contributed by atoms with van der Waals surface area (Å²) in [5.41, 5.74) is 3.42. The smallest absolute Gasteiger partial charge is 0.346 e. The zero-order valence-corrected chi connectivity index (χ0v) is 21.4. The molecule has 1 aliphatic rings. The third-order valence-electron chi connectivity index (χ3n) is 5.94. The number of ether oxygens (including phenoxy) is 3. The fourth-order valence-corrected chi connectivity index (χ4v) is 4.84. The van der Waals surface area contributed by atoms with Gasteiger partial charge in [-0.25, -0.2) is 14.8 Å². The highest BCUT2D eigenvalue weighted by Gasteiger charge is 2.22. The Balaban J connectivity index is 1.53. The van der Waals surface area contributed by atoms with E-state index in [1.54, 1.807) is 17.5 Å². The largest absolute Gasteiger partial charge is 0.477 e. The number of carboxylic acids is 1. The SMILES string of the molecule is CCOc1cnc(-c2cc(-c3ccc(N4CCOCC4)cc3)nc(OCc3ccsc3C(=O)O)c2C#N)o1. The van der Waals surface area contributed by atoms with Crippen LogP contribution in [0.4, 0.5) is 5.69 Å². The number of carboxylic acid groups (broad SMARTS) is 1. The number of oxazole rings is 1. The van der Waals surface area contributed by atoms with Gasteiger partial charge in [-0.3, -0.25) is 0 Å². The molecule has 10 nitrogen and oxygen atoms in total. The van der Waals surface area contributed by atoms with E-state index in [-0.39, 0.29) is 34.8 Å². The number of hydrogen-bond acceptors (Lipinski definition) is 10. The zero-order chi connectivity index (χ0) is 26.5. The van der Waals surface area contributed by atoms with Crippen molar-refractivity contribution in [2.75, 3.05) is 37.8 Å². The monoisotopic (exact) mass is 532 g/mol. The highest BCUT2D eigenvalue weighted by atomic mass is 32.1. The summed E-state index contributed by atoms with van der Waals surface area (Å²) in [5.74, 6) is -0.572. The van der Waals surface area contributed by atoms with Crippen molar-refractivity contribution in [3.8, 4) is 40.6 Å². The number of pyridine rings is 1. The van der Waals surface area contributed by atoms with Crippen molar-refractivity contribution < 1.29 is 28.5 Å². The van der Waals surface area contributed by atoms with E-state index in [0.717, 1.165) is 35.7 Å². The lowest BCUT2D eigenvalue weighted by Gasteiger charge is -2.28. The molecule has 0 saturated carbocycles. The molecule has 1 saturated heterocycles. The lowest BCUT2D eigenvalue weighted by atomic mass is 10.0. The van der Waals surface area contributed by atoms with Crippen molar-refractivity contribution in [1.82, 2.24) is 9.97 Å². The number of carbonyl (C=O) groups is 1. The predicted molar refractivity (Wildman–Crippen MR) is 140 cm³/mol. The van der Waals surface area contributed by atoms with E-state index in [4.69, 9.17) is 18.6 Å². The summed E-state index contributed by atoms with van der Waals surface area (Å²) < 4.78 is 22.5. The van der Waals surface area contributed by atoms with Crippen LogP contribution in [0.2, 0.25) is 0 Å². The fourth-order valence-electron chi connectivity index (χ4n) is 4.09. The molecule has 0 spiro atoms. The molecular formula is C27H24N4O6S. The molecule has 0 bridgehead atoms. The van der Waals surface area contributed by atoms with E-state index in [1.807, 2.05) is 31.2 Å². The van der Waals surface area contributed by atoms with Crippen LogP contribution >= 0.6 is 11.3 Å². The molecular weight excluding hydrogens is 508 g/mol. The van der Waals surface area contributed by atoms with Gasteiger partial charge in [-0.05, 0) is 36.6 Å². The van der Waals surface area contributed by atoms with Crippen molar-refractivity contribution in [3.63, 3.8) is 0 Å². The summed E-state index contributed by atoms with van der Waals surface area (Å²) in [4.78, 5) is 22.9. The molecule has 0 atom stereocenters. The summed E-state index contributed by atoms with van der Waals surface area (Å²) in [5, 5.41) is 21.2. The van der Waals surface area contributed by atoms with Crippen LogP contribution in [0.15, 0.2) is 52.4 Å². The summed E-state index contributed by atoms with van der Waals surface area (Å²) in [6.07, 6.45) is 1.45. The van der Waals surface area contributed by atoms with Crippen LogP contribution in [0.3, 0.4) is 0 Å². The Hall–Kier alpha value is -4.40. The van der Waals surface area contributed by atoms with E-state index in [2.05, 4.69) is 20.9 Å². The number of nitriles is 1. The summed E-state index contributed by atoms with van der Waals surface area (Å²) in [6, 6.07) is 13.5. The van der Waals surface area contributed by atoms with Gasteiger partial charge in [0.1, 0.15) is 29.3 Å². The first-order valence-corrected chi connectivity index (χ1v) is 12.8. The van der Waals surface area contributed by atoms with Crippen molar-refractivity contribution in [3.05, 3.63) is 64.0 Å². The van der Waals surface area contributed by atoms with E-state index >= 15 is 0 Å². The predicted octanol–water partition coefficient (Wildman–Crippen LogP) is 4.85. The third-order valence-corrected chi connectivity index (χ3v) is 6.89. The number of rotatable bonds is 9. The molecule has 11 heteroatoms. The van der Waals surface area contributed by atoms with Crippen molar-refractivity contribution in [2.45, 2.75) is 13.5 Å². The maximum atomic E-state index is 11.5. The number of aromatic nitrogens is 2. The number of nitrogens with zero attached hydrogens (tertiary/aromatic N) is 4. The van der Waals surface area contributed by atoms with E-state index in [9.17, 15) is 15.2 Å². The van der Waals surface area contributed by atoms with Crippen LogP contribution in [0.1, 0.15) is 27.7 Å². The van der Waals surface area contributed by atoms with Gasteiger partial charge in [0.2, 0.25) is 11.8 Å². The maximum Gasteiger partial charge on any atom is 0.346 e.